The summed E-state index contributed by atoms with van der Waals surface area (Å²) in [5, 5.41) is 2.82. The number of aryl methyl sites for hydroxylation is 1. The summed E-state index contributed by atoms with van der Waals surface area (Å²) < 4.78 is 24.1. The van der Waals surface area contributed by atoms with Gasteiger partial charge in [0.25, 0.3) is 0 Å². The third-order valence-corrected chi connectivity index (χ3v) is 3.98. The number of hydrogen-bond acceptors (Lipinski definition) is 3. The maximum Gasteiger partial charge on any atom is 0.220 e. The molecule has 0 aliphatic carbocycles. The maximum atomic E-state index is 11.8. The molecule has 1 rings (SSSR count). The van der Waals surface area contributed by atoms with Crippen LogP contribution in [0.25, 0.3) is 0 Å². The van der Waals surface area contributed by atoms with Crippen LogP contribution in [0.1, 0.15) is 36.8 Å². The summed E-state index contributed by atoms with van der Waals surface area (Å²) in [6.07, 6.45) is 2.14. The minimum absolute atomic E-state index is 0.00916. The highest BCUT2D eigenvalue weighted by atomic mass is 32.2. The Morgan fingerprint density at radius 3 is 2.52 bits per heavy atom. The van der Waals surface area contributed by atoms with Gasteiger partial charge in [0.05, 0.1) is 6.26 Å². The summed E-state index contributed by atoms with van der Waals surface area (Å²) in [7, 11) is -3.15. The monoisotopic (exact) mass is 312 g/mol. The lowest BCUT2D eigenvalue weighted by Gasteiger charge is -2.14. The lowest BCUT2D eigenvalue weighted by molar-refractivity contribution is -0.121. The van der Waals surface area contributed by atoms with Gasteiger partial charge in [0, 0.05) is 19.5 Å². The molecule has 1 aromatic rings. The Bertz CT molecular complexity index is 570. The second kappa shape index (κ2) is 8.14. The van der Waals surface area contributed by atoms with E-state index in [2.05, 4.69) is 10.0 Å². The van der Waals surface area contributed by atoms with Crippen molar-refractivity contribution in [2.24, 2.45) is 0 Å². The minimum Gasteiger partial charge on any atom is -0.356 e. The first-order valence-electron chi connectivity index (χ1n) is 7.06. The van der Waals surface area contributed by atoms with E-state index in [1.54, 1.807) is 0 Å². The average molecular weight is 312 g/mol. The molecule has 0 bridgehead atoms. The molecule has 0 saturated heterocycles. The number of hydrogen-bond donors (Lipinski definition) is 2. The number of benzene rings is 1. The molecule has 0 aromatic heterocycles. The van der Waals surface area contributed by atoms with E-state index in [1.165, 1.54) is 11.1 Å². The second-order valence-electron chi connectivity index (χ2n) is 5.33. The standard InChI is InChI=1S/C15H24N2O3S/c1-12-7-4-5-8-14(12)13(2)11-15(18)16-9-6-10-17-21(3,19)20/h4-5,7-8,13,17H,6,9-11H2,1-3H3,(H,16,18)/t13-/m1/s1. The molecule has 0 fully saturated rings. The number of rotatable bonds is 8. The normalized spacial score (nSPS) is 12.9. The van der Waals surface area contributed by atoms with Crippen LogP contribution in [-0.4, -0.2) is 33.7 Å². The summed E-state index contributed by atoms with van der Waals surface area (Å²) in [6.45, 7) is 4.89. The predicted molar refractivity (Wildman–Crippen MR) is 84.7 cm³/mol. The highest BCUT2D eigenvalue weighted by molar-refractivity contribution is 7.88. The van der Waals surface area contributed by atoms with Gasteiger partial charge in [0.1, 0.15) is 0 Å². The first kappa shape index (κ1) is 17.7. The van der Waals surface area contributed by atoms with Crippen molar-refractivity contribution in [2.45, 2.75) is 32.6 Å². The summed E-state index contributed by atoms with van der Waals surface area (Å²) in [4.78, 5) is 11.8. The van der Waals surface area contributed by atoms with Crippen LogP contribution >= 0.6 is 0 Å². The molecule has 5 nitrogen and oxygen atoms in total. The Balaban J connectivity index is 2.29. The first-order chi connectivity index (χ1) is 9.79. The van der Waals surface area contributed by atoms with Crippen molar-refractivity contribution in [1.29, 1.82) is 0 Å². The molecule has 0 aliphatic heterocycles. The third kappa shape index (κ3) is 7.24. The molecule has 118 valence electrons. The Morgan fingerprint density at radius 1 is 1.24 bits per heavy atom. The van der Waals surface area contributed by atoms with Crippen LogP contribution in [0.15, 0.2) is 24.3 Å². The van der Waals surface area contributed by atoms with Crippen LogP contribution in [0.3, 0.4) is 0 Å². The maximum absolute atomic E-state index is 11.8. The molecule has 6 heteroatoms. The quantitative estimate of drug-likeness (QED) is 0.715. The van der Waals surface area contributed by atoms with E-state index >= 15 is 0 Å². The van der Waals surface area contributed by atoms with Gasteiger partial charge in [0.15, 0.2) is 0 Å². The number of sulfonamides is 1. The van der Waals surface area contributed by atoms with Crippen molar-refractivity contribution >= 4 is 15.9 Å². The molecule has 0 aliphatic rings. The fraction of sp³-hybridized carbons (Fsp3) is 0.533. The highest BCUT2D eigenvalue weighted by Crippen LogP contribution is 2.21. The Kier molecular flexibility index (Phi) is 6.84. The zero-order valence-electron chi connectivity index (χ0n) is 12.8. The van der Waals surface area contributed by atoms with Gasteiger partial charge in [-0.25, -0.2) is 13.1 Å². The summed E-state index contributed by atoms with van der Waals surface area (Å²) in [5.74, 6) is 0.158. The van der Waals surface area contributed by atoms with E-state index in [0.717, 1.165) is 6.26 Å². The molecule has 21 heavy (non-hydrogen) atoms. The van der Waals surface area contributed by atoms with Crippen molar-refractivity contribution in [2.75, 3.05) is 19.3 Å². The summed E-state index contributed by atoms with van der Waals surface area (Å²) >= 11 is 0. The molecule has 0 radical (unpaired) electrons. The number of nitrogens with one attached hydrogen (secondary N) is 2. The van der Waals surface area contributed by atoms with Gasteiger partial charge < -0.3 is 5.32 Å². The van der Waals surface area contributed by atoms with E-state index in [-0.39, 0.29) is 11.8 Å². The zero-order chi connectivity index (χ0) is 15.9. The van der Waals surface area contributed by atoms with Gasteiger partial charge in [-0.1, -0.05) is 31.2 Å². The van der Waals surface area contributed by atoms with Gasteiger partial charge in [0.2, 0.25) is 15.9 Å². The number of amides is 1. The zero-order valence-corrected chi connectivity index (χ0v) is 13.7. The van der Waals surface area contributed by atoms with E-state index in [4.69, 9.17) is 0 Å². The van der Waals surface area contributed by atoms with Gasteiger partial charge in [-0.05, 0) is 30.4 Å². The van der Waals surface area contributed by atoms with E-state index < -0.39 is 10.0 Å². The first-order valence-corrected chi connectivity index (χ1v) is 8.95. The topological polar surface area (TPSA) is 75.3 Å². The molecular formula is C15H24N2O3S. The summed E-state index contributed by atoms with van der Waals surface area (Å²) in [5.41, 5.74) is 2.38. The summed E-state index contributed by atoms with van der Waals surface area (Å²) in [6, 6.07) is 8.05. The molecule has 0 unspecified atom stereocenters. The lowest BCUT2D eigenvalue weighted by atomic mass is 9.93. The van der Waals surface area contributed by atoms with Crippen LogP contribution in [0.4, 0.5) is 0 Å². The van der Waals surface area contributed by atoms with Gasteiger partial charge >= 0.3 is 0 Å². The Morgan fingerprint density at radius 2 is 1.90 bits per heavy atom. The average Bonchev–Trinajstić information content (AvgIpc) is 2.37. The van der Waals surface area contributed by atoms with Gasteiger partial charge in [-0.2, -0.15) is 0 Å². The third-order valence-electron chi connectivity index (χ3n) is 3.25. The van der Waals surface area contributed by atoms with Crippen LogP contribution < -0.4 is 10.0 Å². The molecule has 1 atom stereocenters. The number of carbonyl (C=O) groups excluding carboxylic acids is 1. The number of carbonyl (C=O) groups is 1. The van der Waals surface area contributed by atoms with Crippen LogP contribution in [0.5, 0.6) is 0 Å². The highest BCUT2D eigenvalue weighted by Gasteiger charge is 2.12. The van der Waals surface area contributed by atoms with E-state index in [9.17, 15) is 13.2 Å². The van der Waals surface area contributed by atoms with Crippen LogP contribution in [-0.2, 0) is 14.8 Å². The second-order valence-corrected chi connectivity index (χ2v) is 7.16. The van der Waals surface area contributed by atoms with Crippen LogP contribution in [0, 0.1) is 6.92 Å². The lowest BCUT2D eigenvalue weighted by Crippen LogP contribution is -2.29. The van der Waals surface area contributed by atoms with E-state index in [1.807, 2.05) is 38.1 Å². The van der Waals surface area contributed by atoms with Crippen LogP contribution in [0.2, 0.25) is 0 Å². The molecule has 1 amide bonds. The fourth-order valence-electron chi connectivity index (χ4n) is 2.17. The van der Waals surface area contributed by atoms with Crippen molar-refractivity contribution < 1.29 is 13.2 Å². The Hall–Kier alpha value is -1.40. The van der Waals surface area contributed by atoms with Crippen molar-refractivity contribution in [3.05, 3.63) is 35.4 Å². The molecule has 0 heterocycles. The van der Waals surface area contributed by atoms with E-state index in [0.29, 0.717) is 25.9 Å². The minimum atomic E-state index is -3.15. The predicted octanol–water partition coefficient (Wildman–Crippen LogP) is 1.54. The SMILES string of the molecule is Cc1ccccc1[C@H](C)CC(=O)NCCCNS(C)(=O)=O. The molecular weight excluding hydrogens is 288 g/mol. The fourth-order valence-corrected chi connectivity index (χ4v) is 2.69. The smallest absolute Gasteiger partial charge is 0.220 e. The molecule has 0 saturated carbocycles. The Labute approximate surface area is 127 Å². The van der Waals surface area contributed by atoms with Crippen molar-refractivity contribution in [1.82, 2.24) is 10.0 Å². The molecule has 0 spiro atoms. The van der Waals surface area contributed by atoms with Gasteiger partial charge in [-0.3, -0.25) is 4.79 Å². The molecule has 1 aromatic carbocycles. The van der Waals surface area contributed by atoms with Crippen molar-refractivity contribution in [3.8, 4) is 0 Å². The van der Waals surface area contributed by atoms with Crippen molar-refractivity contribution in [3.63, 3.8) is 0 Å². The van der Waals surface area contributed by atoms with Gasteiger partial charge in [-0.15, -0.1) is 0 Å². The largest absolute Gasteiger partial charge is 0.356 e. The molecule has 2 N–H and O–H groups in total.